The summed E-state index contributed by atoms with van der Waals surface area (Å²) >= 11 is 0. The summed E-state index contributed by atoms with van der Waals surface area (Å²) in [5, 5.41) is 2.70. The standard InChI is InChI=1S/C15H17N5O4S/c1-10-8-19-13(9-18-10)14(21)17-7-6-11-2-4-12(5-3-11)25(23,24)20-15(16)22/h2-5,8-9H,6-7H2,1H3,(H,17,21)(H3,16,20,22). The van der Waals surface area contributed by atoms with Gasteiger partial charge in [-0.2, -0.15) is 0 Å². The molecule has 0 saturated carbocycles. The fourth-order valence-electron chi connectivity index (χ4n) is 1.95. The molecule has 2 rings (SSSR count). The number of carbonyl (C=O) groups excluding carboxylic acids is 2. The molecule has 4 N–H and O–H groups in total. The molecule has 10 heteroatoms. The van der Waals surface area contributed by atoms with Gasteiger partial charge in [-0.25, -0.2) is 22.9 Å². The first kappa shape index (κ1) is 18.3. The van der Waals surface area contributed by atoms with Gasteiger partial charge in [0.2, 0.25) is 0 Å². The Morgan fingerprint density at radius 3 is 2.36 bits per heavy atom. The van der Waals surface area contributed by atoms with Crippen LogP contribution in [0.15, 0.2) is 41.6 Å². The Bertz CT molecular complexity index is 864. The fourth-order valence-corrected chi connectivity index (χ4v) is 2.82. The van der Waals surface area contributed by atoms with Crippen LogP contribution in [0.5, 0.6) is 0 Å². The van der Waals surface area contributed by atoms with E-state index in [0.29, 0.717) is 13.0 Å². The van der Waals surface area contributed by atoms with Crippen LogP contribution < -0.4 is 15.8 Å². The Morgan fingerprint density at radius 1 is 1.12 bits per heavy atom. The summed E-state index contributed by atoms with van der Waals surface area (Å²) in [7, 11) is -3.96. The number of urea groups is 1. The van der Waals surface area contributed by atoms with E-state index in [2.05, 4.69) is 15.3 Å². The quantitative estimate of drug-likeness (QED) is 0.664. The zero-order valence-corrected chi connectivity index (χ0v) is 14.2. The molecule has 1 heterocycles. The molecule has 0 aliphatic carbocycles. The number of amides is 3. The van der Waals surface area contributed by atoms with E-state index in [9.17, 15) is 18.0 Å². The van der Waals surface area contributed by atoms with Crippen LogP contribution in [0.3, 0.4) is 0 Å². The molecule has 1 aromatic heterocycles. The SMILES string of the molecule is Cc1cnc(C(=O)NCCc2ccc(S(=O)(=O)NC(N)=O)cc2)cn1. The lowest BCUT2D eigenvalue weighted by Gasteiger charge is -2.07. The molecule has 0 fully saturated rings. The number of benzene rings is 1. The second kappa shape index (κ2) is 7.71. The maximum atomic E-state index is 11.9. The first-order valence-corrected chi connectivity index (χ1v) is 8.74. The number of nitrogens with one attached hydrogen (secondary N) is 2. The molecule has 9 nitrogen and oxygen atoms in total. The number of aryl methyl sites for hydroxylation is 1. The highest BCUT2D eigenvalue weighted by Gasteiger charge is 2.15. The molecule has 0 radical (unpaired) electrons. The lowest BCUT2D eigenvalue weighted by molar-refractivity contribution is 0.0948. The predicted molar refractivity (Wildman–Crippen MR) is 89.2 cm³/mol. The zero-order chi connectivity index (χ0) is 18.4. The highest BCUT2D eigenvalue weighted by molar-refractivity contribution is 7.90. The number of primary amides is 1. The minimum Gasteiger partial charge on any atom is -0.351 e. The van der Waals surface area contributed by atoms with Crippen LogP contribution in [0.25, 0.3) is 0 Å². The topological polar surface area (TPSA) is 144 Å². The van der Waals surface area contributed by atoms with Crippen LogP contribution in [0.4, 0.5) is 4.79 Å². The normalized spacial score (nSPS) is 10.9. The first-order chi connectivity index (χ1) is 11.8. The number of aromatic nitrogens is 2. The van der Waals surface area contributed by atoms with Gasteiger partial charge >= 0.3 is 6.03 Å². The molecule has 0 aliphatic rings. The third kappa shape index (κ3) is 5.24. The summed E-state index contributed by atoms with van der Waals surface area (Å²) in [5.74, 6) is -0.336. The molecule has 2 aromatic rings. The van der Waals surface area contributed by atoms with Crippen molar-refractivity contribution >= 4 is 22.0 Å². The lowest BCUT2D eigenvalue weighted by Crippen LogP contribution is -2.34. The summed E-state index contributed by atoms with van der Waals surface area (Å²) in [6.07, 6.45) is 3.40. The number of carbonyl (C=O) groups is 2. The molecular weight excluding hydrogens is 346 g/mol. The molecule has 0 atom stereocenters. The highest BCUT2D eigenvalue weighted by Crippen LogP contribution is 2.10. The molecule has 0 saturated heterocycles. The Labute approximate surface area is 144 Å². The number of nitrogens with zero attached hydrogens (tertiary/aromatic N) is 2. The molecule has 1 aromatic carbocycles. The molecule has 0 aliphatic heterocycles. The van der Waals surface area contributed by atoms with Crippen LogP contribution in [0, 0.1) is 6.92 Å². The van der Waals surface area contributed by atoms with Crippen molar-refractivity contribution in [2.75, 3.05) is 6.54 Å². The van der Waals surface area contributed by atoms with Gasteiger partial charge in [-0.05, 0) is 31.0 Å². The number of sulfonamides is 1. The Morgan fingerprint density at radius 2 is 1.80 bits per heavy atom. The van der Waals surface area contributed by atoms with Crippen molar-refractivity contribution < 1.29 is 18.0 Å². The van der Waals surface area contributed by atoms with Gasteiger partial charge in [-0.1, -0.05) is 12.1 Å². The van der Waals surface area contributed by atoms with Gasteiger partial charge in [0.15, 0.2) is 0 Å². The van der Waals surface area contributed by atoms with Gasteiger partial charge in [-0.15, -0.1) is 0 Å². The van der Waals surface area contributed by atoms with Crippen LogP contribution in [-0.2, 0) is 16.4 Å². The number of hydrogen-bond acceptors (Lipinski definition) is 6. The maximum Gasteiger partial charge on any atom is 0.326 e. The highest BCUT2D eigenvalue weighted by atomic mass is 32.2. The van der Waals surface area contributed by atoms with Gasteiger partial charge in [0.25, 0.3) is 15.9 Å². The van der Waals surface area contributed by atoms with Crippen molar-refractivity contribution in [1.29, 1.82) is 0 Å². The molecule has 0 unspecified atom stereocenters. The van der Waals surface area contributed by atoms with E-state index in [1.165, 1.54) is 24.5 Å². The largest absolute Gasteiger partial charge is 0.351 e. The van der Waals surface area contributed by atoms with Gasteiger partial charge in [0.05, 0.1) is 16.8 Å². The third-order valence-electron chi connectivity index (χ3n) is 3.18. The fraction of sp³-hybridized carbons (Fsp3) is 0.200. The number of hydrogen-bond donors (Lipinski definition) is 3. The molecule has 132 valence electrons. The van der Waals surface area contributed by atoms with Crippen molar-refractivity contribution in [1.82, 2.24) is 20.0 Å². The van der Waals surface area contributed by atoms with Gasteiger partial charge in [-0.3, -0.25) is 9.78 Å². The molecule has 0 bridgehead atoms. The number of nitrogens with two attached hydrogens (primary N) is 1. The maximum absolute atomic E-state index is 11.9. The summed E-state index contributed by atoms with van der Waals surface area (Å²) < 4.78 is 25.2. The van der Waals surface area contributed by atoms with Crippen LogP contribution in [0.2, 0.25) is 0 Å². The van der Waals surface area contributed by atoms with Crippen molar-refractivity contribution in [3.05, 3.63) is 53.6 Å². The van der Waals surface area contributed by atoms with E-state index in [1.807, 2.05) is 0 Å². The van der Waals surface area contributed by atoms with Gasteiger partial charge in [0, 0.05) is 12.7 Å². The van der Waals surface area contributed by atoms with Crippen molar-refractivity contribution in [2.45, 2.75) is 18.2 Å². The molecule has 3 amide bonds. The average Bonchev–Trinajstić information content (AvgIpc) is 2.54. The Kier molecular flexibility index (Phi) is 5.65. The van der Waals surface area contributed by atoms with Crippen molar-refractivity contribution in [2.24, 2.45) is 5.73 Å². The minimum atomic E-state index is -3.96. The summed E-state index contributed by atoms with van der Waals surface area (Å²) in [5.41, 5.74) is 6.58. The summed E-state index contributed by atoms with van der Waals surface area (Å²) in [4.78, 5) is 30.5. The Hall–Kier alpha value is -3.01. The van der Waals surface area contributed by atoms with E-state index < -0.39 is 16.1 Å². The zero-order valence-electron chi connectivity index (χ0n) is 13.4. The van der Waals surface area contributed by atoms with E-state index >= 15 is 0 Å². The van der Waals surface area contributed by atoms with E-state index in [-0.39, 0.29) is 16.5 Å². The van der Waals surface area contributed by atoms with Crippen molar-refractivity contribution in [3.63, 3.8) is 0 Å². The minimum absolute atomic E-state index is 0.0750. The molecule has 0 spiro atoms. The first-order valence-electron chi connectivity index (χ1n) is 7.26. The summed E-state index contributed by atoms with van der Waals surface area (Å²) in [6.45, 7) is 2.12. The van der Waals surface area contributed by atoms with Gasteiger partial charge < -0.3 is 11.1 Å². The van der Waals surface area contributed by atoms with E-state index in [1.54, 1.807) is 23.8 Å². The number of rotatable bonds is 6. The van der Waals surface area contributed by atoms with Gasteiger partial charge in [0.1, 0.15) is 5.69 Å². The Balaban J connectivity index is 1.90. The van der Waals surface area contributed by atoms with Crippen LogP contribution in [-0.4, -0.2) is 36.9 Å². The second-order valence-electron chi connectivity index (χ2n) is 5.16. The average molecular weight is 363 g/mol. The van der Waals surface area contributed by atoms with Crippen LogP contribution >= 0.6 is 0 Å². The van der Waals surface area contributed by atoms with E-state index in [0.717, 1.165) is 11.3 Å². The van der Waals surface area contributed by atoms with Crippen molar-refractivity contribution in [3.8, 4) is 0 Å². The van der Waals surface area contributed by atoms with E-state index in [4.69, 9.17) is 5.73 Å². The predicted octanol–water partition coefficient (Wildman–Crippen LogP) is 0.115. The van der Waals surface area contributed by atoms with Crippen LogP contribution in [0.1, 0.15) is 21.7 Å². The molecular formula is C15H17N5O4S. The second-order valence-corrected chi connectivity index (χ2v) is 6.85. The summed E-state index contributed by atoms with van der Waals surface area (Å²) in [6, 6.07) is 4.74. The molecule has 25 heavy (non-hydrogen) atoms. The smallest absolute Gasteiger partial charge is 0.326 e. The monoisotopic (exact) mass is 363 g/mol. The third-order valence-corrected chi connectivity index (χ3v) is 4.54. The lowest BCUT2D eigenvalue weighted by atomic mass is 10.1.